The fraction of sp³-hybridized carbons (Fsp3) is 0.333. The Balaban J connectivity index is 1.25. The van der Waals surface area contributed by atoms with E-state index in [4.69, 9.17) is 4.74 Å². The molecule has 1 saturated heterocycles. The fourth-order valence-electron chi connectivity index (χ4n) is 3.87. The molecule has 2 amide bonds. The molecule has 1 fully saturated rings. The Labute approximate surface area is 183 Å². The van der Waals surface area contributed by atoms with Gasteiger partial charge >= 0.3 is 6.03 Å². The number of hydrogen-bond acceptors (Lipinski definition) is 4. The number of hydrogen-bond donors (Lipinski definition) is 1. The number of carbonyl (C=O) groups is 1. The Morgan fingerprint density at radius 1 is 1.10 bits per heavy atom. The van der Waals surface area contributed by atoms with Gasteiger partial charge in [0.1, 0.15) is 5.75 Å². The summed E-state index contributed by atoms with van der Waals surface area (Å²) < 4.78 is 7.06. The minimum atomic E-state index is -0.0460. The third-order valence-corrected chi connectivity index (χ3v) is 5.68. The molecule has 2 heterocycles. The van der Waals surface area contributed by atoms with Gasteiger partial charge in [-0.15, -0.1) is 0 Å². The van der Waals surface area contributed by atoms with Gasteiger partial charge in [-0.2, -0.15) is 5.10 Å². The number of para-hydroxylation sites is 1. The molecule has 0 aliphatic carbocycles. The van der Waals surface area contributed by atoms with Gasteiger partial charge in [0.25, 0.3) is 0 Å². The van der Waals surface area contributed by atoms with Crippen LogP contribution in [-0.4, -0.2) is 54.0 Å². The smallest absolute Gasteiger partial charge is 0.317 e. The van der Waals surface area contributed by atoms with Crippen molar-refractivity contribution < 1.29 is 9.53 Å². The van der Waals surface area contributed by atoms with E-state index >= 15 is 0 Å². The molecule has 0 bridgehead atoms. The third kappa shape index (κ3) is 5.17. The van der Waals surface area contributed by atoms with Gasteiger partial charge in [0.05, 0.1) is 25.5 Å². The van der Waals surface area contributed by atoms with Crippen molar-refractivity contribution in [2.24, 2.45) is 0 Å². The van der Waals surface area contributed by atoms with E-state index in [0.29, 0.717) is 6.54 Å². The van der Waals surface area contributed by atoms with Crippen molar-refractivity contribution >= 4 is 11.7 Å². The number of ether oxygens (including phenoxy) is 1. The highest BCUT2D eigenvalue weighted by Gasteiger charge is 2.22. The maximum Gasteiger partial charge on any atom is 0.317 e. The van der Waals surface area contributed by atoms with Crippen LogP contribution in [0.15, 0.2) is 67.0 Å². The molecule has 1 aromatic heterocycles. The van der Waals surface area contributed by atoms with Crippen molar-refractivity contribution in [3.8, 4) is 11.4 Å². The van der Waals surface area contributed by atoms with Crippen LogP contribution in [0.25, 0.3) is 5.69 Å². The first-order chi connectivity index (χ1) is 15.1. The molecule has 1 aliphatic rings. The summed E-state index contributed by atoms with van der Waals surface area (Å²) >= 11 is 0. The maximum absolute atomic E-state index is 12.7. The van der Waals surface area contributed by atoms with Crippen LogP contribution in [0.1, 0.15) is 18.4 Å². The zero-order valence-electron chi connectivity index (χ0n) is 18.1. The summed E-state index contributed by atoms with van der Waals surface area (Å²) in [7, 11) is 3.50. The van der Waals surface area contributed by atoms with Crippen LogP contribution in [0.5, 0.6) is 5.75 Å². The average Bonchev–Trinajstić information content (AvgIpc) is 3.29. The number of methoxy groups -OCH3 is 1. The molecule has 0 radical (unpaired) electrons. The summed E-state index contributed by atoms with van der Waals surface area (Å²) in [4.78, 5) is 16.7. The van der Waals surface area contributed by atoms with E-state index in [9.17, 15) is 4.79 Å². The van der Waals surface area contributed by atoms with E-state index in [1.165, 1.54) is 5.69 Å². The monoisotopic (exact) mass is 419 g/mol. The number of aromatic nitrogens is 2. The van der Waals surface area contributed by atoms with Gasteiger partial charge in [-0.25, -0.2) is 9.48 Å². The molecule has 0 atom stereocenters. The van der Waals surface area contributed by atoms with Gasteiger partial charge in [-0.1, -0.05) is 18.2 Å². The number of amides is 2. The molecule has 162 valence electrons. The van der Waals surface area contributed by atoms with Gasteiger partial charge in [0.2, 0.25) is 0 Å². The van der Waals surface area contributed by atoms with Crippen molar-refractivity contribution in [3.63, 3.8) is 0 Å². The molecule has 31 heavy (non-hydrogen) atoms. The van der Waals surface area contributed by atoms with Crippen molar-refractivity contribution in [1.82, 2.24) is 20.0 Å². The van der Waals surface area contributed by atoms with Crippen LogP contribution in [0.4, 0.5) is 10.5 Å². The van der Waals surface area contributed by atoms with Crippen LogP contribution in [0, 0.1) is 0 Å². The lowest BCUT2D eigenvalue weighted by Gasteiger charge is -2.34. The first-order valence-electron chi connectivity index (χ1n) is 10.6. The standard InChI is InChI=1S/C24H29N5O2/c1-27(17-19-16-25-29(18-19)22-6-4-3-5-7-22)24(30)26-20-12-14-28(15-13-20)21-8-10-23(31-2)11-9-21/h3-11,16,18,20H,12-15,17H2,1-2H3,(H,26,30). The lowest BCUT2D eigenvalue weighted by molar-refractivity contribution is 0.200. The van der Waals surface area contributed by atoms with E-state index < -0.39 is 0 Å². The normalized spacial score (nSPS) is 14.3. The van der Waals surface area contributed by atoms with E-state index in [2.05, 4.69) is 27.4 Å². The van der Waals surface area contributed by atoms with Gasteiger partial charge in [0, 0.05) is 43.6 Å². The Bertz CT molecular complexity index is 979. The predicted molar refractivity (Wildman–Crippen MR) is 122 cm³/mol. The first kappa shape index (κ1) is 20.8. The summed E-state index contributed by atoms with van der Waals surface area (Å²) in [5, 5.41) is 7.59. The number of nitrogens with zero attached hydrogens (tertiary/aromatic N) is 4. The highest BCUT2D eigenvalue weighted by atomic mass is 16.5. The molecule has 7 nitrogen and oxygen atoms in total. The highest BCUT2D eigenvalue weighted by Crippen LogP contribution is 2.23. The van der Waals surface area contributed by atoms with Gasteiger partial charge in [-0.3, -0.25) is 0 Å². The number of anilines is 1. The minimum Gasteiger partial charge on any atom is -0.497 e. The first-order valence-corrected chi connectivity index (χ1v) is 10.6. The van der Waals surface area contributed by atoms with Crippen LogP contribution in [-0.2, 0) is 6.54 Å². The number of nitrogens with one attached hydrogen (secondary N) is 1. The summed E-state index contributed by atoms with van der Waals surface area (Å²) in [5.74, 6) is 0.864. The second kappa shape index (κ2) is 9.55. The Kier molecular flexibility index (Phi) is 6.40. The van der Waals surface area contributed by atoms with Crippen molar-refractivity contribution in [1.29, 1.82) is 0 Å². The second-order valence-electron chi connectivity index (χ2n) is 7.89. The van der Waals surface area contributed by atoms with Gasteiger partial charge in [-0.05, 0) is 49.2 Å². The molecule has 4 rings (SSSR count). The van der Waals surface area contributed by atoms with E-state index in [0.717, 1.165) is 42.9 Å². The predicted octanol–water partition coefficient (Wildman–Crippen LogP) is 3.69. The molecule has 0 unspecified atom stereocenters. The number of carbonyl (C=O) groups excluding carboxylic acids is 1. The molecule has 0 spiro atoms. The average molecular weight is 420 g/mol. The molecule has 1 aliphatic heterocycles. The second-order valence-corrected chi connectivity index (χ2v) is 7.89. The van der Waals surface area contributed by atoms with E-state index in [1.807, 2.05) is 66.6 Å². The summed E-state index contributed by atoms with van der Waals surface area (Å²) in [5.41, 5.74) is 3.19. The van der Waals surface area contributed by atoms with Crippen molar-refractivity contribution in [2.75, 3.05) is 32.1 Å². The molecule has 2 aromatic carbocycles. The number of urea groups is 1. The molecule has 7 heteroatoms. The zero-order chi connectivity index (χ0) is 21.6. The van der Waals surface area contributed by atoms with E-state index in [1.54, 1.807) is 12.0 Å². The molecule has 0 saturated carbocycles. The number of benzene rings is 2. The lowest BCUT2D eigenvalue weighted by atomic mass is 10.0. The topological polar surface area (TPSA) is 62.6 Å². The Morgan fingerprint density at radius 2 is 1.81 bits per heavy atom. The Morgan fingerprint density at radius 3 is 2.48 bits per heavy atom. The summed E-state index contributed by atoms with van der Waals surface area (Å²) in [6.07, 6.45) is 5.63. The van der Waals surface area contributed by atoms with Crippen LogP contribution >= 0.6 is 0 Å². The molecule has 3 aromatic rings. The van der Waals surface area contributed by atoms with Crippen molar-refractivity contribution in [2.45, 2.75) is 25.4 Å². The minimum absolute atomic E-state index is 0.0460. The van der Waals surface area contributed by atoms with Gasteiger partial charge < -0.3 is 19.9 Å². The molecular weight excluding hydrogens is 390 g/mol. The SMILES string of the molecule is COc1ccc(N2CCC(NC(=O)N(C)Cc3cnn(-c4ccccc4)c3)CC2)cc1. The Hall–Kier alpha value is -3.48. The lowest BCUT2D eigenvalue weighted by Crippen LogP contribution is -2.48. The van der Waals surface area contributed by atoms with Crippen molar-refractivity contribution in [3.05, 3.63) is 72.6 Å². The molecule has 1 N–H and O–H groups in total. The third-order valence-electron chi connectivity index (χ3n) is 5.68. The van der Waals surface area contributed by atoms with Crippen LogP contribution in [0.2, 0.25) is 0 Å². The number of rotatable bonds is 6. The maximum atomic E-state index is 12.7. The van der Waals surface area contributed by atoms with Crippen LogP contribution < -0.4 is 15.0 Å². The largest absolute Gasteiger partial charge is 0.497 e. The zero-order valence-corrected chi connectivity index (χ0v) is 18.1. The quantitative estimate of drug-likeness (QED) is 0.662. The molecular formula is C24H29N5O2. The fourth-order valence-corrected chi connectivity index (χ4v) is 3.87. The van der Waals surface area contributed by atoms with Gasteiger partial charge in [0.15, 0.2) is 0 Å². The van der Waals surface area contributed by atoms with E-state index in [-0.39, 0.29) is 12.1 Å². The number of piperidine rings is 1. The highest BCUT2D eigenvalue weighted by molar-refractivity contribution is 5.74. The van der Waals surface area contributed by atoms with Crippen LogP contribution in [0.3, 0.4) is 0 Å². The summed E-state index contributed by atoms with van der Waals surface area (Å²) in [6.45, 7) is 2.36. The summed E-state index contributed by atoms with van der Waals surface area (Å²) in [6, 6.07) is 18.2.